The van der Waals surface area contributed by atoms with Crippen LogP contribution in [0, 0.1) is 5.92 Å². The minimum absolute atomic E-state index is 0.0471. The highest BCUT2D eigenvalue weighted by molar-refractivity contribution is 6.12. The Bertz CT molecular complexity index is 1130. The number of Topliss-reactive ketones (excluding diaryl/α,β-unsaturated/α-hetero) is 1. The van der Waals surface area contributed by atoms with Gasteiger partial charge in [0.2, 0.25) is 0 Å². The molecule has 6 heteroatoms. The predicted octanol–water partition coefficient (Wildman–Crippen LogP) is 5.62. The first-order chi connectivity index (χ1) is 17.0. The van der Waals surface area contributed by atoms with Gasteiger partial charge in [0.25, 0.3) is 0 Å². The summed E-state index contributed by atoms with van der Waals surface area (Å²) in [6.07, 6.45) is 1.99. The van der Waals surface area contributed by atoms with Gasteiger partial charge in [0.15, 0.2) is 0 Å². The number of nitrogens with zero attached hydrogens (tertiary/aromatic N) is 1. The third-order valence-electron chi connectivity index (χ3n) is 6.75. The van der Waals surface area contributed by atoms with Crippen LogP contribution >= 0.6 is 0 Å². The van der Waals surface area contributed by atoms with Gasteiger partial charge in [-0.3, -0.25) is 9.79 Å². The van der Waals surface area contributed by atoms with Gasteiger partial charge in [-0.2, -0.15) is 0 Å². The summed E-state index contributed by atoms with van der Waals surface area (Å²) in [5, 5.41) is 0. The lowest BCUT2D eigenvalue weighted by Crippen LogP contribution is -2.41. The maximum atomic E-state index is 13.7. The molecule has 6 nitrogen and oxygen atoms in total. The van der Waals surface area contributed by atoms with Gasteiger partial charge in [-0.05, 0) is 68.0 Å². The summed E-state index contributed by atoms with van der Waals surface area (Å²) in [4.78, 5) is 31.5. The smallest absolute Gasteiger partial charge is 0.336 e. The fourth-order valence-electron chi connectivity index (χ4n) is 5.11. The van der Waals surface area contributed by atoms with Crippen molar-refractivity contribution in [1.82, 2.24) is 0 Å². The average molecular weight is 476 g/mol. The van der Waals surface area contributed by atoms with Crippen molar-refractivity contribution in [3.05, 3.63) is 70.9 Å². The number of allylic oxidation sites excluding steroid dienone is 1. The van der Waals surface area contributed by atoms with Gasteiger partial charge < -0.3 is 14.2 Å². The lowest BCUT2D eigenvalue weighted by atomic mass is 9.66. The van der Waals surface area contributed by atoms with Gasteiger partial charge in [-0.15, -0.1) is 0 Å². The second kappa shape index (κ2) is 10.9. The van der Waals surface area contributed by atoms with Crippen molar-refractivity contribution in [1.29, 1.82) is 0 Å². The second-order valence-electron chi connectivity index (χ2n) is 9.04. The van der Waals surface area contributed by atoms with E-state index < -0.39 is 17.8 Å². The van der Waals surface area contributed by atoms with E-state index in [9.17, 15) is 9.59 Å². The fourth-order valence-corrected chi connectivity index (χ4v) is 5.11. The summed E-state index contributed by atoms with van der Waals surface area (Å²) in [5.41, 5.74) is 3.91. The zero-order valence-corrected chi connectivity index (χ0v) is 20.9. The van der Waals surface area contributed by atoms with E-state index in [0.717, 1.165) is 34.8 Å². The third kappa shape index (κ3) is 5.16. The molecule has 1 fully saturated rings. The number of esters is 1. The lowest BCUT2D eigenvalue weighted by molar-refractivity contribution is -0.139. The van der Waals surface area contributed by atoms with E-state index in [0.29, 0.717) is 30.7 Å². The molecule has 1 aliphatic carbocycles. The van der Waals surface area contributed by atoms with Crippen LogP contribution in [0.15, 0.2) is 64.8 Å². The highest BCUT2D eigenvalue weighted by Gasteiger charge is 2.46. The van der Waals surface area contributed by atoms with Crippen molar-refractivity contribution < 1.29 is 23.8 Å². The number of rotatable bonds is 8. The number of aliphatic imine (C=N–C) groups is 1. The standard InChI is InChI=1S/C29H33NO5/c1-5-15-35-23-13-9-20(10-14-23)27-26(29(32)34-6-2)18(3)30-24-16-21(17-25(31)28(24)27)19-7-11-22(33-4)12-8-19/h7-14,21,27-28H,5-6,15-17H2,1-4H3/t21-,27+,28?/m1/s1. The molecule has 0 radical (unpaired) electrons. The Labute approximate surface area is 207 Å². The van der Waals surface area contributed by atoms with Crippen LogP contribution < -0.4 is 9.47 Å². The Morgan fingerprint density at radius 2 is 1.60 bits per heavy atom. The molecule has 35 heavy (non-hydrogen) atoms. The summed E-state index contributed by atoms with van der Waals surface area (Å²) in [6, 6.07) is 15.6. The number of ether oxygens (including phenoxy) is 3. The number of carbonyl (C=O) groups is 2. The molecule has 2 aliphatic rings. The van der Waals surface area contributed by atoms with Crippen molar-refractivity contribution in [2.75, 3.05) is 20.3 Å². The Morgan fingerprint density at radius 3 is 2.23 bits per heavy atom. The molecule has 0 amide bonds. The van der Waals surface area contributed by atoms with Crippen LogP contribution in [0.3, 0.4) is 0 Å². The van der Waals surface area contributed by atoms with E-state index >= 15 is 0 Å². The first-order valence-corrected chi connectivity index (χ1v) is 12.3. The lowest BCUT2D eigenvalue weighted by Gasteiger charge is -2.38. The molecule has 1 saturated carbocycles. The number of hydrogen-bond acceptors (Lipinski definition) is 6. The summed E-state index contributed by atoms with van der Waals surface area (Å²) in [6.45, 7) is 6.58. The predicted molar refractivity (Wildman–Crippen MR) is 135 cm³/mol. The average Bonchev–Trinajstić information content (AvgIpc) is 2.87. The number of fused-ring (bicyclic) bond motifs is 1. The number of carbonyl (C=O) groups excluding carboxylic acids is 2. The molecule has 2 aromatic rings. The Kier molecular flexibility index (Phi) is 7.69. The molecule has 1 heterocycles. The number of ketones is 1. The molecular formula is C29H33NO5. The summed E-state index contributed by atoms with van der Waals surface area (Å²) in [5.74, 6) is 0.392. The second-order valence-corrected chi connectivity index (χ2v) is 9.04. The van der Waals surface area contributed by atoms with Crippen LogP contribution in [-0.4, -0.2) is 37.8 Å². The Hall–Kier alpha value is -3.41. The molecular weight excluding hydrogens is 442 g/mol. The number of benzene rings is 2. The molecule has 0 bridgehead atoms. The minimum atomic E-state index is -0.477. The first kappa shape index (κ1) is 24.7. The van der Waals surface area contributed by atoms with E-state index in [1.165, 1.54) is 0 Å². The van der Waals surface area contributed by atoms with E-state index in [4.69, 9.17) is 19.2 Å². The van der Waals surface area contributed by atoms with Crippen LogP contribution in [0.25, 0.3) is 0 Å². The molecule has 0 saturated heterocycles. The van der Waals surface area contributed by atoms with Gasteiger partial charge in [-0.1, -0.05) is 31.2 Å². The van der Waals surface area contributed by atoms with Gasteiger partial charge in [0.05, 0.1) is 31.8 Å². The number of hydrogen-bond donors (Lipinski definition) is 0. The number of methoxy groups -OCH3 is 1. The van der Waals surface area contributed by atoms with Gasteiger partial charge in [0, 0.05) is 23.7 Å². The summed E-state index contributed by atoms with van der Waals surface area (Å²) < 4.78 is 16.4. The quantitative estimate of drug-likeness (QED) is 0.463. The summed E-state index contributed by atoms with van der Waals surface area (Å²) in [7, 11) is 1.64. The zero-order valence-electron chi connectivity index (χ0n) is 20.9. The summed E-state index contributed by atoms with van der Waals surface area (Å²) >= 11 is 0. The Balaban J connectivity index is 1.71. The monoisotopic (exact) mass is 475 g/mol. The molecule has 1 unspecified atom stereocenters. The van der Waals surface area contributed by atoms with E-state index in [-0.39, 0.29) is 18.3 Å². The van der Waals surface area contributed by atoms with Crippen LogP contribution in [0.5, 0.6) is 11.5 Å². The largest absolute Gasteiger partial charge is 0.497 e. The molecule has 0 N–H and O–H groups in total. The molecule has 1 aliphatic heterocycles. The van der Waals surface area contributed by atoms with E-state index in [2.05, 4.69) is 6.92 Å². The first-order valence-electron chi connectivity index (χ1n) is 12.3. The maximum absolute atomic E-state index is 13.7. The maximum Gasteiger partial charge on any atom is 0.336 e. The van der Waals surface area contributed by atoms with Crippen LogP contribution in [0.2, 0.25) is 0 Å². The molecule has 0 spiro atoms. The van der Waals surface area contributed by atoms with Gasteiger partial charge in [0.1, 0.15) is 17.3 Å². The van der Waals surface area contributed by atoms with Crippen LogP contribution in [0.4, 0.5) is 0 Å². The molecule has 3 atom stereocenters. The van der Waals surface area contributed by atoms with Gasteiger partial charge in [-0.25, -0.2) is 4.79 Å². The highest BCUT2D eigenvalue weighted by Crippen LogP contribution is 2.46. The third-order valence-corrected chi connectivity index (χ3v) is 6.75. The van der Waals surface area contributed by atoms with Crippen molar-refractivity contribution in [3.63, 3.8) is 0 Å². The van der Waals surface area contributed by atoms with Crippen molar-refractivity contribution in [3.8, 4) is 11.5 Å². The van der Waals surface area contributed by atoms with Crippen molar-refractivity contribution in [2.24, 2.45) is 10.9 Å². The highest BCUT2D eigenvalue weighted by atomic mass is 16.5. The molecule has 4 rings (SSSR count). The topological polar surface area (TPSA) is 74.2 Å². The van der Waals surface area contributed by atoms with Crippen LogP contribution in [-0.2, 0) is 14.3 Å². The van der Waals surface area contributed by atoms with E-state index in [1.807, 2.05) is 55.5 Å². The van der Waals surface area contributed by atoms with Crippen LogP contribution in [0.1, 0.15) is 63.0 Å². The minimum Gasteiger partial charge on any atom is -0.497 e. The molecule has 2 aromatic carbocycles. The normalized spacial score (nSPS) is 21.8. The fraction of sp³-hybridized carbons (Fsp3) is 0.414. The van der Waals surface area contributed by atoms with Crippen molar-refractivity contribution >= 4 is 17.5 Å². The molecule has 0 aromatic heterocycles. The SMILES string of the molecule is CCCOc1ccc([C@H]2C(C(=O)OCC)=C(C)N=C3C[C@@H](c4ccc(OC)cc4)CC(=O)C32)cc1. The Morgan fingerprint density at radius 1 is 0.943 bits per heavy atom. The van der Waals surface area contributed by atoms with Gasteiger partial charge >= 0.3 is 5.97 Å². The zero-order chi connectivity index (χ0) is 24.9. The van der Waals surface area contributed by atoms with Crippen molar-refractivity contribution in [2.45, 2.75) is 51.9 Å². The van der Waals surface area contributed by atoms with E-state index in [1.54, 1.807) is 14.0 Å². The molecule has 184 valence electrons.